The van der Waals surface area contributed by atoms with E-state index in [4.69, 9.17) is 0 Å². The van der Waals surface area contributed by atoms with Crippen LogP contribution in [0.3, 0.4) is 0 Å². The summed E-state index contributed by atoms with van der Waals surface area (Å²) in [6.45, 7) is 0. The fourth-order valence-corrected chi connectivity index (χ4v) is 10.9. The van der Waals surface area contributed by atoms with Crippen LogP contribution in [0.25, 0.3) is 0 Å². The number of rotatable bonds is 0. The Morgan fingerprint density at radius 2 is 1.50 bits per heavy atom. The van der Waals surface area contributed by atoms with Crippen molar-refractivity contribution < 1.29 is 0 Å². The Morgan fingerprint density at radius 3 is 2.32 bits per heavy atom. The third-order valence-electron chi connectivity index (χ3n) is 7.82. The molecule has 1 aliphatic heterocycles. The molecule has 1 spiro atoms. The quantitative estimate of drug-likeness (QED) is 0.307. The van der Waals surface area contributed by atoms with E-state index in [1.54, 1.807) is 12.8 Å². The molecule has 3 saturated carbocycles. The van der Waals surface area contributed by atoms with Crippen LogP contribution in [0, 0.1) is 46.8 Å². The number of hydrogen-bond donors (Lipinski definition) is 0. The van der Waals surface area contributed by atoms with Crippen molar-refractivity contribution in [2.24, 2.45) is 46.8 Å². The van der Waals surface area contributed by atoms with E-state index in [0.717, 1.165) is 45.3 Å². The molecule has 3 fully saturated rings. The third kappa shape index (κ3) is 1.43. The molecule has 0 N–H and O–H groups in total. The second-order valence-electron chi connectivity index (χ2n) is 8.41. The molecule has 6 rings (SSSR count). The molecule has 5 aliphatic carbocycles. The molecular formula is C21H23I. The Hall–Kier alpha value is -0.440. The van der Waals surface area contributed by atoms with Crippen LogP contribution in [0.4, 0.5) is 0 Å². The molecule has 6 aliphatic rings. The van der Waals surface area contributed by atoms with Crippen LogP contribution in [0.5, 0.6) is 0 Å². The van der Waals surface area contributed by atoms with Crippen LogP contribution in [0.1, 0.15) is 19.3 Å². The molecule has 1 heteroatoms. The average Bonchev–Trinajstić information content (AvgIpc) is 3.30. The highest BCUT2D eigenvalue weighted by molar-refractivity contribution is 14.2. The normalized spacial score (nSPS) is 58.9. The summed E-state index contributed by atoms with van der Waals surface area (Å²) in [7, 11) is 0. The summed E-state index contributed by atoms with van der Waals surface area (Å²) >= 11 is 0.241. The number of allylic oxidation sites excluding steroid dienone is 8. The summed E-state index contributed by atoms with van der Waals surface area (Å²) in [4.78, 5) is 0. The maximum Gasteiger partial charge on any atom is 0.0193 e. The Labute approximate surface area is 143 Å². The standard InChI is InChI=1S/C21H23I/c1-2-6-19-15(4-1)16-5-3-9-22-20(16)21(19)11-17-13-7-8-14(10-13)18(17)12-21/h1-9,13-20H,10-12H2. The fourth-order valence-electron chi connectivity index (χ4n) is 7.15. The first-order valence-electron chi connectivity index (χ1n) is 9.02. The van der Waals surface area contributed by atoms with Crippen LogP contribution in [0.15, 0.2) is 48.6 Å². The molecule has 0 aromatic heterocycles. The van der Waals surface area contributed by atoms with Crippen molar-refractivity contribution in [2.45, 2.75) is 23.2 Å². The molecule has 22 heavy (non-hydrogen) atoms. The lowest BCUT2D eigenvalue weighted by molar-refractivity contribution is 0.215. The van der Waals surface area contributed by atoms with E-state index in [2.05, 4.69) is 52.6 Å². The molecule has 2 bridgehead atoms. The maximum absolute atomic E-state index is 2.61. The zero-order valence-electron chi connectivity index (χ0n) is 12.8. The predicted molar refractivity (Wildman–Crippen MR) is 101 cm³/mol. The lowest BCUT2D eigenvalue weighted by Gasteiger charge is -2.37. The minimum absolute atomic E-state index is 0.241. The summed E-state index contributed by atoms with van der Waals surface area (Å²) in [5.74, 6) is 6.45. The minimum atomic E-state index is 0.241. The highest BCUT2D eigenvalue weighted by Crippen LogP contribution is 2.71. The van der Waals surface area contributed by atoms with Gasteiger partial charge in [-0.25, -0.2) is 0 Å². The molecule has 0 amide bonds. The van der Waals surface area contributed by atoms with Crippen LogP contribution in [-0.2, 0) is 0 Å². The molecule has 0 aromatic carbocycles. The van der Waals surface area contributed by atoms with Gasteiger partial charge in [-0.05, 0) is 70.1 Å². The third-order valence-corrected chi connectivity index (χ3v) is 11.5. The number of alkyl halides is 1. The van der Waals surface area contributed by atoms with Crippen molar-refractivity contribution in [3.8, 4) is 0 Å². The second kappa shape index (κ2) is 4.34. The Bertz CT molecular complexity index is 607. The smallest absolute Gasteiger partial charge is 0.0193 e. The Morgan fingerprint density at radius 1 is 0.773 bits per heavy atom. The summed E-state index contributed by atoms with van der Waals surface area (Å²) < 4.78 is 3.58. The SMILES string of the molecule is C1=CC2C3C=CC=IC3C3(CC4C5C=CC(C5)C4C3)C2C=C1. The van der Waals surface area contributed by atoms with E-state index >= 15 is 0 Å². The van der Waals surface area contributed by atoms with Gasteiger partial charge in [0.25, 0.3) is 0 Å². The van der Waals surface area contributed by atoms with Crippen LogP contribution in [-0.4, -0.2) is 7.94 Å². The first-order valence-corrected chi connectivity index (χ1v) is 11.5. The first kappa shape index (κ1) is 12.9. The molecule has 0 aromatic rings. The zero-order chi connectivity index (χ0) is 14.3. The number of hydrogen-bond acceptors (Lipinski definition) is 0. The molecule has 0 radical (unpaired) electrons. The highest BCUT2D eigenvalue weighted by Gasteiger charge is 2.65. The van der Waals surface area contributed by atoms with Crippen molar-refractivity contribution in [3.63, 3.8) is 0 Å². The van der Waals surface area contributed by atoms with Crippen LogP contribution >= 0.6 is 20.7 Å². The van der Waals surface area contributed by atoms with Gasteiger partial charge in [0.15, 0.2) is 0 Å². The molecule has 114 valence electrons. The highest BCUT2D eigenvalue weighted by atomic mass is 127. The number of fused-ring (bicyclic) bond motifs is 10. The fraction of sp³-hybridized carbons (Fsp3) is 0.571. The predicted octanol–water partition coefficient (Wildman–Crippen LogP) is 4.90. The van der Waals surface area contributed by atoms with Crippen molar-refractivity contribution in [1.82, 2.24) is 0 Å². The van der Waals surface area contributed by atoms with Crippen LogP contribution in [0.2, 0.25) is 0 Å². The molecule has 8 atom stereocenters. The molecule has 8 unspecified atom stereocenters. The van der Waals surface area contributed by atoms with E-state index in [-0.39, 0.29) is 20.7 Å². The lowest BCUT2D eigenvalue weighted by Crippen LogP contribution is -2.33. The van der Waals surface area contributed by atoms with Gasteiger partial charge >= 0.3 is 0 Å². The van der Waals surface area contributed by atoms with Crippen molar-refractivity contribution in [3.05, 3.63) is 48.6 Å². The van der Waals surface area contributed by atoms with Crippen molar-refractivity contribution >= 4 is 24.7 Å². The second-order valence-corrected chi connectivity index (χ2v) is 11.2. The maximum atomic E-state index is 2.61. The minimum Gasteiger partial charge on any atom is -0.118 e. The number of halogens is 1. The van der Waals surface area contributed by atoms with Crippen LogP contribution < -0.4 is 0 Å². The summed E-state index contributed by atoms with van der Waals surface area (Å²) in [6, 6.07) is 0. The molecule has 1 heterocycles. The van der Waals surface area contributed by atoms with Gasteiger partial charge in [-0.15, -0.1) is 20.7 Å². The Balaban J connectivity index is 1.46. The van der Waals surface area contributed by atoms with Gasteiger partial charge in [0, 0.05) is 3.92 Å². The van der Waals surface area contributed by atoms with Gasteiger partial charge in [0.05, 0.1) is 0 Å². The van der Waals surface area contributed by atoms with E-state index in [1.807, 2.05) is 0 Å². The van der Waals surface area contributed by atoms with E-state index in [1.165, 1.54) is 6.42 Å². The van der Waals surface area contributed by atoms with E-state index in [9.17, 15) is 0 Å². The van der Waals surface area contributed by atoms with E-state index in [0.29, 0.717) is 5.41 Å². The van der Waals surface area contributed by atoms with Gasteiger partial charge in [0.1, 0.15) is 0 Å². The monoisotopic (exact) mass is 402 g/mol. The van der Waals surface area contributed by atoms with Gasteiger partial charge < -0.3 is 0 Å². The molecule has 0 saturated heterocycles. The van der Waals surface area contributed by atoms with Crippen molar-refractivity contribution in [2.75, 3.05) is 0 Å². The summed E-state index contributed by atoms with van der Waals surface area (Å²) in [6.07, 6.45) is 24.5. The zero-order valence-corrected chi connectivity index (χ0v) is 15.0. The summed E-state index contributed by atoms with van der Waals surface area (Å²) in [5.41, 5.74) is 0.656. The lowest BCUT2D eigenvalue weighted by atomic mass is 9.71. The van der Waals surface area contributed by atoms with Crippen molar-refractivity contribution in [1.29, 1.82) is 0 Å². The van der Waals surface area contributed by atoms with Gasteiger partial charge in [-0.3, -0.25) is 0 Å². The average molecular weight is 402 g/mol. The van der Waals surface area contributed by atoms with Gasteiger partial charge in [-0.1, -0.05) is 48.6 Å². The van der Waals surface area contributed by atoms with E-state index < -0.39 is 0 Å². The summed E-state index contributed by atoms with van der Waals surface area (Å²) in [5, 5.41) is 0. The Kier molecular flexibility index (Phi) is 2.55. The largest absolute Gasteiger partial charge is 0.118 e. The van der Waals surface area contributed by atoms with Gasteiger partial charge in [-0.2, -0.15) is 0 Å². The molecular weight excluding hydrogens is 379 g/mol. The molecule has 0 nitrogen and oxygen atoms in total. The van der Waals surface area contributed by atoms with Gasteiger partial charge in [0.2, 0.25) is 0 Å². The first-order chi connectivity index (χ1) is 10.9. The topological polar surface area (TPSA) is 0 Å².